The molecule has 0 unspecified atom stereocenters. The van der Waals surface area contributed by atoms with E-state index in [0.29, 0.717) is 19.0 Å². The van der Waals surface area contributed by atoms with Crippen molar-refractivity contribution in [2.24, 2.45) is 0 Å². The first kappa shape index (κ1) is 11.5. The highest BCUT2D eigenvalue weighted by Crippen LogP contribution is 2.00. The number of hydrogen-bond donors (Lipinski definition) is 1. The van der Waals surface area contributed by atoms with E-state index in [-0.39, 0.29) is 5.56 Å². The molecule has 0 amide bonds. The van der Waals surface area contributed by atoms with Crippen molar-refractivity contribution >= 4 is 0 Å². The molecule has 1 heterocycles. The third-order valence-electron chi connectivity index (χ3n) is 1.85. The van der Waals surface area contributed by atoms with Crippen molar-refractivity contribution in [3.63, 3.8) is 0 Å². The highest BCUT2D eigenvalue weighted by Gasteiger charge is 2.01. The second-order valence-corrected chi connectivity index (χ2v) is 3.15. The minimum atomic E-state index is -0.159. The number of aromatic nitrogens is 2. The van der Waals surface area contributed by atoms with Gasteiger partial charge in [-0.3, -0.25) is 4.79 Å². The van der Waals surface area contributed by atoms with Crippen molar-refractivity contribution in [1.82, 2.24) is 15.1 Å². The molecule has 0 radical (unpaired) electrons. The van der Waals surface area contributed by atoms with Gasteiger partial charge in [0.1, 0.15) is 0 Å². The van der Waals surface area contributed by atoms with Crippen LogP contribution in [0.5, 0.6) is 5.88 Å². The van der Waals surface area contributed by atoms with Gasteiger partial charge in [0.15, 0.2) is 0 Å². The lowest BCUT2D eigenvalue weighted by Crippen LogP contribution is -2.25. The zero-order chi connectivity index (χ0) is 11.3. The Kier molecular flexibility index (Phi) is 4.05. The average molecular weight is 209 g/mol. The van der Waals surface area contributed by atoms with Crippen LogP contribution >= 0.6 is 0 Å². The molecule has 0 aliphatic carbocycles. The maximum Gasteiger partial charge on any atom is 0.267 e. The molecule has 0 atom stereocenters. The van der Waals surface area contributed by atoms with Crippen molar-refractivity contribution in [2.45, 2.75) is 6.54 Å². The maximum atomic E-state index is 11.4. The Balaban J connectivity index is 2.84. The van der Waals surface area contributed by atoms with Crippen molar-refractivity contribution < 1.29 is 4.74 Å². The summed E-state index contributed by atoms with van der Waals surface area (Å²) in [6.07, 6.45) is 0. The van der Waals surface area contributed by atoms with Gasteiger partial charge < -0.3 is 10.1 Å². The molecular weight excluding hydrogens is 194 g/mol. The summed E-state index contributed by atoms with van der Waals surface area (Å²) in [7, 11) is 3.34. The Labute approximate surface area is 88.4 Å². The smallest absolute Gasteiger partial charge is 0.267 e. The first-order chi connectivity index (χ1) is 7.17. The molecule has 0 spiro atoms. The monoisotopic (exact) mass is 209 g/mol. The summed E-state index contributed by atoms with van der Waals surface area (Å²) < 4.78 is 6.27. The van der Waals surface area contributed by atoms with Crippen LogP contribution in [0.15, 0.2) is 29.1 Å². The van der Waals surface area contributed by atoms with E-state index in [1.165, 1.54) is 17.9 Å². The SMILES string of the molecule is C=C(CNC)Cn1nc(OC)ccc1=O. The lowest BCUT2D eigenvalue weighted by Gasteiger charge is -2.07. The van der Waals surface area contributed by atoms with Gasteiger partial charge in [-0.25, -0.2) is 4.68 Å². The summed E-state index contributed by atoms with van der Waals surface area (Å²) in [5.74, 6) is 0.423. The van der Waals surface area contributed by atoms with E-state index in [4.69, 9.17) is 4.74 Å². The van der Waals surface area contributed by atoms with Crippen molar-refractivity contribution in [3.8, 4) is 5.88 Å². The highest BCUT2D eigenvalue weighted by molar-refractivity contribution is 5.07. The average Bonchev–Trinajstić information content (AvgIpc) is 2.21. The molecule has 0 aliphatic heterocycles. The molecule has 1 aromatic rings. The lowest BCUT2D eigenvalue weighted by molar-refractivity contribution is 0.378. The van der Waals surface area contributed by atoms with E-state index in [1.807, 2.05) is 7.05 Å². The summed E-state index contributed by atoms with van der Waals surface area (Å²) >= 11 is 0. The molecule has 0 saturated heterocycles. The lowest BCUT2D eigenvalue weighted by atomic mass is 10.3. The Bertz CT molecular complexity index is 398. The summed E-state index contributed by atoms with van der Waals surface area (Å²) in [5.41, 5.74) is 0.730. The third kappa shape index (κ3) is 3.21. The second kappa shape index (κ2) is 5.31. The predicted molar refractivity (Wildman–Crippen MR) is 58.1 cm³/mol. The van der Waals surface area contributed by atoms with Gasteiger partial charge in [0.2, 0.25) is 5.88 Å². The predicted octanol–water partition coefficient (Wildman–Crippen LogP) is 0.0275. The van der Waals surface area contributed by atoms with Crippen molar-refractivity contribution in [1.29, 1.82) is 0 Å². The molecule has 0 aliphatic rings. The van der Waals surface area contributed by atoms with Crippen LogP contribution in [0.2, 0.25) is 0 Å². The van der Waals surface area contributed by atoms with Gasteiger partial charge in [0.25, 0.3) is 5.56 Å². The van der Waals surface area contributed by atoms with E-state index in [1.54, 1.807) is 6.07 Å². The highest BCUT2D eigenvalue weighted by atomic mass is 16.5. The Morgan fingerprint density at radius 1 is 1.67 bits per heavy atom. The summed E-state index contributed by atoms with van der Waals surface area (Å²) in [6, 6.07) is 2.97. The Hall–Kier alpha value is -1.62. The molecule has 0 bridgehead atoms. The maximum absolute atomic E-state index is 11.4. The fourth-order valence-corrected chi connectivity index (χ4v) is 1.17. The summed E-state index contributed by atoms with van der Waals surface area (Å²) in [4.78, 5) is 11.4. The van der Waals surface area contributed by atoms with E-state index < -0.39 is 0 Å². The molecule has 5 nitrogen and oxygen atoms in total. The first-order valence-corrected chi connectivity index (χ1v) is 4.60. The molecule has 1 N–H and O–H groups in total. The third-order valence-corrected chi connectivity index (χ3v) is 1.85. The van der Waals surface area contributed by atoms with Crippen LogP contribution in [0.1, 0.15) is 0 Å². The van der Waals surface area contributed by atoms with Crippen LogP contribution in [0.3, 0.4) is 0 Å². The number of hydrogen-bond acceptors (Lipinski definition) is 4. The van der Waals surface area contributed by atoms with Crippen LogP contribution in [0.25, 0.3) is 0 Å². The largest absolute Gasteiger partial charge is 0.480 e. The molecule has 82 valence electrons. The summed E-state index contributed by atoms with van der Waals surface area (Å²) in [6.45, 7) is 4.89. The van der Waals surface area contributed by atoms with Crippen LogP contribution in [-0.2, 0) is 6.54 Å². The minimum absolute atomic E-state index is 0.159. The number of nitrogens with one attached hydrogen (secondary N) is 1. The van der Waals surface area contributed by atoms with Gasteiger partial charge in [0.05, 0.1) is 13.7 Å². The topological polar surface area (TPSA) is 56.1 Å². The van der Waals surface area contributed by atoms with E-state index >= 15 is 0 Å². The number of nitrogens with zero attached hydrogens (tertiary/aromatic N) is 2. The fourth-order valence-electron chi connectivity index (χ4n) is 1.17. The van der Waals surface area contributed by atoms with Gasteiger partial charge in [-0.05, 0) is 12.6 Å². The Morgan fingerprint density at radius 2 is 2.40 bits per heavy atom. The zero-order valence-corrected chi connectivity index (χ0v) is 8.99. The van der Waals surface area contributed by atoms with E-state index in [2.05, 4.69) is 17.0 Å². The quantitative estimate of drug-likeness (QED) is 0.695. The van der Waals surface area contributed by atoms with Gasteiger partial charge >= 0.3 is 0 Å². The number of ether oxygens (including phenoxy) is 1. The van der Waals surface area contributed by atoms with Crippen LogP contribution in [-0.4, -0.2) is 30.5 Å². The van der Waals surface area contributed by atoms with Gasteiger partial charge in [-0.15, -0.1) is 5.10 Å². The standard InChI is InChI=1S/C10H15N3O2/c1-8(6-11-2)7-13-10(14)5-4-9(12-13)15-3/h4-5,11H,1,6-7H2,2-3H3. The van der Waals surface area contributed by atoms with Gasteiger partial charge in [-0.1, -0.05) is 6.58 Å². The molecule has 1 aromatic heterocycles. The molecule has 1 rings (SSSR count). The van der Waals surface area contributed by atoms with Gasteiger partial charge in [0, 0.05) is 18.7 Å². The zero-order valence-electron chi connectivity index (χ0n) is 8.99. The van der Waals surface area contributed by atoms with Gasteiger partial charge in [-0.2, -0.15) is 0 Å². The molecule has 0 aromatic carbocycles. The van der Waals surface area contributed by atoms with E-state index in [0.717, 1.165) is 5.57 Å². The van der Waals surface area contributed by atoms with Crippen molar-refractivity contribution in [3.05, 3.63) is 34.6 Å². The molecular formula is C10H15N3O2. The summed E-state index contributed by atoms with van der Waals surface area (Å²) in [5, 5.41) is 6.97. The Morgan fingerprint density at radius 3 is 3.00 bits per heavy atom. The van der Waals surface area contributed by atoms with Crippen LogP contribution in [0.4, 0.5) is 0 Å². The fraction of sp³-hybridized carbons (Fsp3) is 0.400. The normalized spacial score (nSPS) is 10.0. The first-order valence-electron chi connectivity index (χ1n) is 4.60. The van der Waals surface area contributed by atoms with E-state index in [9.17, 15) is 4.79 Å². The molecule has 15 heavy (non-hydrogen) atoms. The molecule has 0 fully saturated rings. The molecule has 5 heteroatoms. The molecule has 0 saturated carbocycles. The van der Waals surface area contributed by atoms with Crippen LogP contribution < -0.4 is 15.6 Å². The number of likely N-dealkylation sites (N-methyl/N-ethyl adjacent to an activating group) is 1. The second-order valence-electron chi connectivity index (χ2n) is 3.15. The number of rotatable bonds is 5. The van der Waals surface area contributed by atoms with Crippen molar-refractivity contribution in [2.75, 3.05) is 20.7 Å². The van der Waals surface area contributed by atoms with Crippen LogP contribution in [0, 0.1) is 0 Å². The number of methoxy groups -OCH3 is 1. The minimum Gasteiger partial charge on any atom is -0.480 e.